The summed E-state index contributed by atoms with van der Waals surface area (Å²) in [5.41, 5.74) is 2.80. The van der Waals surface area contributed by atoms with Gasteiger partial charge in [-0.25, -0.2) is 0 Å². The van der Waals surface area contributed by atoms with E-state index in [1.165, 1.54) is 5.56 Å². The van der Waals surface area contributed by atoms with Gasteiger partial charge in [-0.05, 0) is 36.2 Å². The van der Waals surface area contributed by atoms with Gasteiger partial charge in [0.25, 0.3) is 5.91 Å². The molecule has 0 aliphatic heterocycles. The molecule has 0 unspecified atom stereocenters. The second-order valence-electron chi connectivity index (χ2n) is 5.10. The zero-order valence-electron chi connectivity index (χ0n) is 11.9. The van der Waals surface area contributed by atoms with Gasteiger partial charge in [-0.15, -0.1) is 0 Å². The van der Waals surface area contributed by atoms with E-state index in [9.17, 15) is 4.79 Å². The minimum Gasteiger partial charge on any atom is -0.351 e. The summed E-state index contributed by atoms with van der Waals surface area (Å²) in [6.07, 6.45) is 4.37. The lowest BCUT2D eigenvalue weighted by Gasteiger charge is -2.16. The van der Waals surface area contributed by atoms with Crippen LogP contribution >= 0.6 is 0 Å². The predicted molar refractivity (Wildman–Crippen MR) is 83.2 cm³/mol. The van der Waals surface area contributed by atoms with Crippen molar-refractivity contribution in [3.05, 3.63) is 66.1 Å². The average molecular weight is 279 g/mol. The molecular formula is C17H17N3O. The van der Waals surface area contributed by atoms with E-state index < -0.39 is 0 Å². The average Bonchev–Trinajstić information content (AvgIpc) is 2.97. The molecule has 1 N–H and O–H groups in total. The first-order valence-electron chi connectivity index (χ1n) is 6.96. The molecule has 0 radical (unpaired) electrons. The number of nitrogens with zero attached hydrogens (tertiary/aromatic N) is 2. The van der Waals surface area contributed by atoms with Crippen LogP contribution in [0.3, 0.4) is 0 Å². The van der Waals surface area contributed by atoms with E-state index in [-0.39, 0.29) is 5.91 Å². The molecule has 1 amide bonds. The van der Waals surface area contributed by atoms with Crippen molar-refractivity contribution in [2.45, 2.75) is 6.42 Å². The van der Waals surface area contributed by atoms with Crippen LogP contribution in [-0.2, 0) is 6.42 Å². The number of likely N-dealkylation sites (N-methyl/N-ethyl adjacent to an activating group) is 1. The van der Waals surface area contributed by atoms with Crippen molar-refractivity contribution in [2.24, 2.45) is 0 Å². The van der Waals surface area contributed by atoms with Crippen LogP contribution in [0.5, 0.6) is 0 Å². The zero-order valence-corrected chi connectivity index (χ0v) is 11.9. The van der Waals surface area contributed by atoms with Crippen LogP contribution in [-0.4, -0.2) is 34.4 Å². The van der Waals surface area contributed by atoms with E-state index in [1.54, 1.807) is 17.3 Å². The molecule has 4 nitrogen and oxygen atoms in total. The molecule has 3 aromatic rings. The summed E-state index contributed by atoms with van der Waals surface area (Å²) in [5, 5.41) is 1.06. The highest BCUT2D eigenvalue weighted by Crippen LogP contribution is 2.15. The summed E-state index contributed by atoms with van der Waals surface area (Å²) < 4.78 is 0. The fourth-order valence-electron chi connectivity index (χ4n) is 2.34. The Morgan fingerprint density at radius 3 is 2.71 bits per heavy atom. The van der Waals surface area contributed by atoms with E-state index in [1.807, 2.05) is 49.5 Å². The number of carbonyl (C=O) groups excluding carboxylic acids is 1. The quantitative estimate of drug-likeness (QED) is 0.798. The number of aromatic amines is 1. The van der Waals surface area contributed by atoms with Crippen LogP contribution in [0.2, 0.25) is 0 Å². The molecule has 4 heteroatoms. The summed E-state index contributed by atoms with van der Waals surface area (Å²) in [7, 11) is 1.83. The van der Waals surface area contributed by atoms with Gasteiger partial charge in [0.2, 0.25) is 0 Å². The SMILES string of the molecule is CN(CCc1ccncc1)C(=O)c1cc2ccccc2[nH]1. The van der Waals surface area contributed by atoms with Gasteiger partial charge in [-0.2, -0.15) is 0 Å². The Hall–Kier alpha value is -2.62. The number of carbonyl (C=O) groups is 1. The Balaban J connectivity index is 1.69. The maximum atomic E-state index is 12.4. The molecule has 2 aromatic heterocycles. The highest BCUT2D eigenvalue weighted by Gasteiger charge is 2.14. The minimum atomic E-state index is 0.0141. The van der Waals surface area contributed by atoms with Crippen LogP contribution in [0.25, 0.3) is 10.9 Å². The molecule has 0 atom stereocenters. The highest BCUT2D eigenvalue weighted by atomic mass is 16.2. The number of amides is 1. The normalized spacial score (nSPS) is 10.7. The Morgan fingerprint density at radius 2 is 1.95 bits per heavy atom. The van der Waals surface area contributed by atoms with Gasteiger partial charge in [-0.3, -0.25) is 9.78 Å². The van der Waals surface area contributed by atoms with E-state index in [0.29, 0.717) is 12.2 Å². The molecule has 2 heterocycles. The molecule has 21 heavy (non-hydrogen) atoms. The van der Waals surface area contributed by atoms with Gasteiger partial charge in [0.1, 0.15) is 5.69 Å². The van der Waals surface area contributed by atoms with E-state index >= 15 is 0 Å². The number of pyridine rings is 1. The monoisotopic (exact) mass is 279 g/mol. The van der Waals surface area contributed by atoms with Gasteiger partial charge >= 0.3 is 0 Å². The lowest BCUT2D eigenvalue weighted by atomic mass is 10.2. The number of aromatic nitrogens is 2. The second-order valence-corrected chi connectivity index (χ2v) is 5.10. The Bertz CT molecular complexity index is 716. The summed E-state index contributed by atoms with van der Waals surface area (Å²) in [6, 6.07) is 13.8. The van der Waals surface area contributed by atoms with Crippen LogP contribution in [0.4, 0.5) is 0 Å². The minimum absolute atomic E-state index is 0.0141. The molecular weight excluding hydrogens is 262 g/mol. The first kappa shape index (κ1) is 13.4. The van der Waals surface area contributed by atoms with Crippen molar-refractivity contribution >= 4 is 16.8 Å². The fourth-order valence-corrected chi connectivity index (χ4v) is 2.34. The second kappa shape index (κ2) is 5.79. The Labute approximate surface area is 123 Å². The van der Waals surface area contributed by atoms with E-state index in [2.05, 4.69) is 9.97 Å². The van der Waals surface area contributed by atoms with Crippen LogP contribution < -0.4 is 0 Å². The van der Waals surface area contributed by atoms with Gasteiger partial charge < -0.3 is 9.88 Å². The number of hydrogen-bond donors (Lipinski definition) is 1. The van der Waals surface area contributed by atoms with Crippen molar-refractivity contribution in [3.8, 4) is 0 Å². The van der Waals surface area contributed by atoms with Gasteiger partial charge in [0, 0.05) is 36.9 Å². The van der Waals surface area contributed by atoms with Crippen LogP contribution in [0, 0.1) is 0 Å². The first-order valence-corrected chi connectivity index (χ1v) is 6.96. The molecule has 3 rings (SSSR count). The maximum absolute atomic E-state index is 12.4. The third-order valence-electron chi connectivity index (χ3n) is 3.59. The molecule has 0 aliphatic rings. The fraction of sp³-hybridized carbons (Fsp3) is 0.176. The Morgan fingerprint density at radius 1 is 1.19 bits per heavy atom. The van der Waals surface area contributed by atoms with Gasteiger partial charge in [0.15, 0.2) is 0 Å². The lowest BCUT2D eigenvalue weighted by molar-refractivity contribution is 0.0792. The summed E-state index contributed by atoms with van der Waals surface area (Å²) in [6.45, 7) is 0.679. The Kier molecular flexibility index (Phi) is 3.69. The van der Waals surface area contributed by atoms with Crippen LogP contribution in [0.1, 0.15) is 16.1 Å². The number of para-hydroxylation sites is 1. The molecule has 0 spiro atoms. The number of hydrogen-bond acceptors (Lipinski definition) is 2. The molecule has 1 aromatic carbocycles. The van der Waals surface area contributed by atoms with Crippen molar-refractivity contribution in [2.75, 3.05) is 13.6 Å². The molecule has 0 saturated heterocycles. The van der Waals surface area contributed by atoms with Gasteiger partial charge in [0.05, 0.1) is 0 Å². The molecule has 0 bridgehead atoms. The van der Waals surface area contributed by atoms with Crippen molar-refractivity contribution in [1.29, 1.82) is 0 Å². The van der Waals surface area contributed by atoms with Crippen molar-refractivity contribution < 1.29 is 4.79 Å². The number of H-pyrrole nitrogens is 1. The number of fused-ring (bicyclic) bond motifs is 1. The molecule has 106 valence electrons. The number of rotatable bonds is 4. The highest BCUT2D eigenvalue weighted by molar-refractivity contribution is 5.97. The van der Waals surface area contributed by atoms with Crippen molar-refractivity contribution in [3.63, 3.8) is 0 Å². The molecule has 0 aliphatic carbocycles. The maximum Gasteiger partial charge on any atom is 0.270 e. The predicted octanol–water partition coefficient (Wildman–Crippen LogP) is 2.88. The lowest BCUT2D eigenvalue weighted by Crippen LogP contribution is -2.29. The van der Waals surface area contributed by atoms with E-state index in [0.717, 1.165) is 17.3 Å². The third kappa shape index (κ3) is 2.94. The molecule has 0 fully saturated rings. The van der Waals surface area contributed by atoms with Gasteiger partial charge in [-0.1, -0.05) is 18.2 Å². The summed E-state index contributed by atoms with van der Waals surface area (Å²) in [5.74, 6) is 0.0141. The standard InChI is InChI=1S/C17H17N3O/c1-20(11-8-13-6-9-18-10-7-13)17(21)16-12-14-4-2-3-5-15(14)19-16/h2-7,9-10,12,19H,8,11H2,1H3. The van der Waals surface area contributed by atoms with E-state index in [4.69, 9.17) is 0 Å². The summed E-state index contributed by atoms with van der Waals surface area (Å²) >= 11 is 0. The smallest absolute Gasteiger partial charge is 0.270 e. The first-order chi connectivity index (χ1) is 10.2. The molecule has 0 saturated carbocycles. The van der Waals surface area contributed by atoms with Crippen LogP contribution in [0.15, 0.2) is 54.9 Å². The number of nitrogens with one attached hydrogen (secondary N) is 1. The number of benzene rings is 1. The topological polar surface area (TPSA) is 49.0 Å². The largest absolute Gasteiger partial charge is 0.351 e. The summed E-state index contributed by atoms with van der Waals surface area (Å²) in [4.78, 5) is 21.3. The van der Waals surface area contributed by atoms with Crippen molar-refractivity contribution in [1.82, 2.24) is 14.9 Å². The zero-order chi connectivity index (χ0) is 14.7. The third-order valence-corrected chi connectivity index (χ3v) is 3.59.